The number of methoxy groups -OCH3 is 1. The minimum Gasteiger partial charge on any atom is -0.493 e. The molecule has 0 N–H and O–H groups in total. The van der Waals surface area contributed by atoms with E-state index in [9.17, 15) is 0 Å². The summed E-state index contributed by atoms with van der Waals surface area (Å²) in [7, 11) is 1.64. The first kappa shape index (κ1) is 19.0. The zero-order valence-corrected chi connectivity index (χ0v) is 17.2. The smallest absolute Gasteiger partial charge is 0.162 e. The molecule has 5 rings (SSSR count). The Labute approximate surface area is 180 Å². The van der Waals surface area contributed by atoms with Crippen LogP contribution in [0.4, 0.5) is 0 Å². The van der Waals surface area contributed by atoms with Crippen molar-refractivity contribution in [2.75, 3.05) is 13.7 Å². The van der Waals surface area contributed by atoms with Gasteiger partial charge in [-0.15, -0.1) is 0 Å². The summed E-state index contributed by atoms with van der Waals surface area (Å²) < 4.78 is 11.7. The third kappa shape index (κ3) is 3.90. The number of hydrogen-bond acceptors (Lipinski definition) is 5. The summed E-state index contributed by atoms with van der Waals surface area (Å²) in [4.78, 5) is 13.7. The molecule has 2 heterocycles. The lowest BCUT2D eigenvalue weighted by molar-refractivity contribution is 0.297. The van der Waals surface area contributed by atoms with Crippen molar-refractivity contribution >= 4 is 21.8 Å². The zero-order valence-electron chi connectivity index (χ0n) is 17.2. The predicted octanol–water partition coefficient (Wildman–Crippen LogP) is 5.48. The number of hydrogen-bond donors (Lipinski definition) is 0. The second-order valence-corrected chi connectivity index (χ2v) is 7.20. The second kappa shape index (κ2) is 8.40. The van der Waals surface area contributed by atoms with E-state index in [1.807, 2.05) is 66.7 Å². The first-order valence-electron chi connectivity index (χ1n) is 10.2. The summed E-state index contributed by atoms with van der Waals surface area (Å²) in [6, 6.07) is 26.2. The fraction of sp³-hybridized carbons (Fsp3) is 0.115. The van der Waals surface area contributed by atoms with Crippen LogP contribution >= 0.6 is 0 Å². The van der Waals surface area contributed by atoms with E-state index >= 15 is 0 Å². The SMILES string of the molecule is COc1cc2ncnc(-c3ccccc3)c2cc1OCCc1ccc2ccccc2n1. The highest BCUT2D eigenvalue weighted by atomic mass is 16.5. The van der Waals surface area contributed by atoms with Crippen LogP contribution in [0.5, 0.6) is 11.5 Å². The molecule has 31 heavy (non-hydrogen) atoms. The first-order valence-corrected chi connectivity index (χ1v) is 10.2. The highest BCUT2D eigenvalue weighted by Gasteiger charge is 2.13. The van der Waals surface area contributed by atoms with E-state index in [0.29, 0.717) is 24.5 Å². The van der Waals surface area contributed by atoms with Crippen LogP contribution in [-0.4, -0.2) is 28.7 Å². The Morgan fingerprint density at radius 2 is 1.61 bits per heavy atom. The summed E-state index contributed by atoms with van der Waals surface area (Å²) in [6.07, 6.45) is 2.28. The third-order valence-corrected chi connectivity index (χ3v) is 5.24. The van der Waals surface area contributed by atoms with Gasteiger partial charge in [-0.3, -0.25) is 4.98 Å². The van der Waals surface area contributed by atoms with Crippen LogP contribution in [0.1, 0.15) is 5.69 Å². The Bertz CT molecular complexity index is 1350. The van der Waals surface area contributed by atoms with Crippen molar-refractivity contribution in [2.24, 2.45) is 0 Å². The molecule has 0 amide bonds. The quantitative estimate of drug-likeness (QED) is 0.373. The molecule has 152 valence electrons. The minimum absolute atomic E-state index is 0.488. The van der Waals surface area contributed by atoms with Crippen molar-refractivity contribution in [3.8, 4) is 22.8 Å². The van der Waals surface area contributed by atoms with Crippen molar-refractivity contribution in [3.05, 3.63) is 90.9 Å². The van der Waals surface area contributed by atoms with Crippen molar-refractivity contribution in [1.29, 1.82) is 0 Å². The summed E-state index contributed by atoms with van der Waals surface area (Å²) in [5, 5.41) is 2.06. The Morgan fingerprint density at radius 3 is 2.48 bits per heavy atom. The van der Waals surface area contributed by atoms with Gasteiger partial charge in [0.25, 0.3) is 0 Å². The molecule has 5 aromatic rings. The average molecular weight is 407 g/mol. The van der Waals surface area contributed by atoms with E-state index in [-0.39, 0.29) is 0 Å². The van der Waals surface area contributed by atoms with Gasteiger partial charge >= 0.3 is 0 Å². The second-order valence-electron chi connectivity index (χ2n) is 7.20. The summed E-state index contributed by atoms with van der Waals surface area (Å²) >= 11 is 0. The molecule has 0 bridgehead atoms. The fourth-order valence-electron chi connectivity index (χ4n) is 3.68. The molecule has 3 aromatic carbocycles. The molecule has 5 heteroatoms. The number of fused-ring (bicyclic) bond motifs is 2. The number of benzene rings is 3. The van der Waals surface area contributed by atoms with E-state index in [1.54, 1.807) is 13.4 Å². The predicted molar refractivity (Wildman–Crippen MR) is 122 cm³/mol. The van der Waals surface area contributed by atoms with E-state index in [0.717, 1.165) is 38.8 Å². The van der Waals surface area contributed by atoms with E-state index in [4.69, 9.17) is 14.5 Å². The molecule has 0 radical (unpaired) electrons. The molecule has 0 fully saturated rings. The Morgan fingerprint density at radius 1 is 0.774 bits per heavy atom. The van der Waals surface area contributed by atoms with Gasteiger partial charge in [-0.25, -0.2) is 9.97 Å². The maximum Gasteiger partial charge on any atom is 0.162 e. The molecule has 0 unspecified atom stereocenters. The van der Waals surface area contributed by atoms with Gasteiger partial charge in [-0.05, 0) is 18.2 Å². The molecule has 0 spiro atoms. The van der Waals surface area contributed by atoms with Crippen molar-refractivity contribution in [2.45, 2.75) is 6.42 Å². The van der Waals surface area contributed by atoms with Crippen LogP contribution in [-0.2, 0) is 6.42 Å². The van der Waals surface area contributed by atoms with Gasteiger partial charge in [0, 0.05) is 34.5 Å². The highest BCUT2D eigenvalue weighted by molar-refractivity contribution is 5.94. The number of ether oxygens (including phenoxy) is 2. The van der Waals surface area contributed by atoms with Gasteiger partial charge < -0.3 is 9.47 Å². The third-order valence-electron chi connectivity index (χ3n) is 5.24. The Hall–Kier alpha value is -3.99. The van der Waals surface area contributed by atoms with Crippen LogP contribution in [0, 0.1) is 0 Å². The molecule has 0 aliphatic rings. The number of para-hydroxylation sites is 1. The lowest BCUT2D eigenvalue weighted by Crippen LogP contribution is -2.04. The lowest BCUT2D eigenvalue weighted by atomic mass is 10.1. The topological polar surface area (TPSA) is 57.1 Å². The van der Waals surface area contributed by atoms with Crippen molar-refractivity contribution in [1.82, 2.24) is 15.0 Å². The van der Waals surface area contributed by atoms with Crippen LogP contribution in [0.3, 0.4) is 0 Å². The van der Waals surface area contributed by atoms with E-state index in [1.165, 1.54) is 0 Å². The van der Waals surface area contributed by atoms with E-state index in [2.05, 4.69) is 22.1 Å². The number of aromatic nitrogens is 3. The standard InChI is InChI=1S/C26H21N3O2/c1-30-24-16-23-21(26(28-17-27-23)19-8-3-2-4-9-19)15-25(24)31-14-13-20-12-11-18-7-5-6-10-22(18)29-20/h2-12,15-17H,13-14H2,1H3. The normalized spacial score (nSPS) is 11.0. The maximum absolute atomic E-state index is 6.12. The molecular formula is C26H21N3O2. The molecule has 2 aromatic heterocycles. The number of pyridine rings is 1. The summed E-state index contributed by atoms with van der Waals surface area (Å²) in [5.74, 6) is 1.32. The summed E-state index contributed by atoms with van der Waals surface area (Å²) in [5.41, 5.74) is 4.70. The van der Waals surface area contributed by atoms with Gasteiger partial charge in [0.05, 0.1) is 30.4 Å². The van der Waals surface area contributed by atoms with Crippen molar-refractivity contribution in [3.63, 3.8) is 0 Å². The maximum atomic E-state index is 6.12. The van der Waals surface area contributed by atoms with Gasteiger partial charge in [0.1, 0.15) is 6.33 Å². The molecule has 0 atom stereocenters. The largest absolute Gasteiger partial charge is 0.493 e. The van der Waals surface area contributed by atoms with Crippen LogP contribution in [0.15, 0.2) is 85.2 Å². The highest BCUT2D eigenvalue weighted by Crippen LogP contribution is 2.35. The Balaban J connectivity index is 1.43. The molecule has 0 saturated heterocycles. The monoisotopic (exact) mass is 407 g/mol. The van der Waals surface area contributed by atoms with Gasteiger partial charge in [0.15, 0.2) is 11.5 Å². The van der Waals surface area contributed by atoms with Gasteiger partial charge in [-0.2, -0.15) is 0 Å². The van der Waals surface area contributed by atoms with Crippen LogP contribution < -0.4 is 9.47 Å². The minimum atomic E-state index is 0.488. The Kier molecular flexibility index (Phi) is 5.15. The fourth-order valence-corrected chi connectivity index (χ4v) is 3.68. The van der Waals surface area contributed by atoms with Gasteiger partial charge in [0.2, 0.25) is 0 Å². The molecule has 0 aliphatic carbocycles. The van der Waals surface area contributed by atoms with Gasteiger partial charge in [-0.1, -0.05) is 54.6 Å². The number of nitrogens with zero attached hydrogens (tertiary/aromatic N) is 3. The van der Waals surface area contributed by atoms with Crippen LogP contribution in [0.2, 0.25) is 0 Å². The molecule has 5 nitrogen and oxygen atoms in total. The molecule has 0 saturated carbocycles. The molecule has 0 aliphatic heterocycles. The number of rotatable bonds is 6. The zero-order chi connectivity index (χ0) is 21.0. The van der Waals surface area contributed by atoms with E-state index < -0.39 is 0 Å². The average Bonchev–Trinajstić information content (AvgIpc) is 2.83. The van der Waals surface area contributed by atoms with Crippen molar-refractivity contribution < 1.29 is 9.47 Å². The molecular weight excluding hydrogens is 386 g/mol. The summed E-state index contributed by atoms with van der Waals surface area (Å²) in [6.45, 7) is 0.488. The first-order chi connectivity index (χ1) is 15.3. The lowest BCUT2D eigenvalue weighted by Gasteiger charge is -2.13. The van der Waals surface area contributed by atoms with Crippen LogP contribution in [0.25, 0.3) is 33.1 Å².